The molecule has 55 heavy (non-hydrogen) atoms. The maximum absolute atomic E-state index is 4.42. The van der Waals surface area contributed by atoms with Crippen LogP contribution in [0.25, 0.3) is 115 Å². The average molecular weight is 697 g/mol. The van der Waals surface area contributed by atoms with E-state index in [9.17, 15) is 0 Å². The first-order valence-corrected chi connectivity index (χ1v) is 19.0. The van der Waals surface area contributed by atoms with Gasteiger partial charge in [-0.25, -0.2) is 0 Å². The number of nitrogens with zero attached hydrogens (tertiary/aromatic N) is 2. The predicted molar refractivity (Wildman–Crippen MR) is 232 cm³/mol. The van der Waals surface area contributed by atoms with Gasteiger partial charge in [-0.1, -0.05) is 158 Å². The van der Waals surface area contributed by atoms with Gasteiger partial charge in [-0.05, 0) is 101 Å². The van der Waals surface area contributed by atoms with E-state index in [0.29, 0.717) is 0 Å². The fourth-order valence-corrected chi connectivity index (χ4v) is 9.55. The molecule has 2 aromatic heterocycles. The first-order chi connectivity index (χ1) is 27.3. The summed E-state index contributed by atoms with van der Waals surface area (Å²) < 4.78 is 2.42. The molecule has 0 saturated carbocycles. The van der Waals surface area contributed by atoms with Crippen molar-refractivity contribution in [3.63, 3.8) is 0 Å². The third-order valence-electron chi connectivity index (χ3n) is 11.8. The van der Waals surface area contributed by atoms with Crippen molar-refractivity contribution in [1.29, 1.82) is 0 Å². The second-order valence-electron chi connectivity index (χ2n) is 14.6. The van der Waals surface area contributed by atoms with Crippen LogP contribution in [0.1, 0.15) is 0 Å². The zero-order chi connectivity index (χ0) is 36.0. The molecule has 0 saturated heterocycles. The molecule has 0 N–H and O–H groups in total. The van der Waals surface area contributed by atoms with Crippen molar-refractivity contribution in [2.24, 2.45) is 0 Å². The van der Waals surface area contributed by atoms with Crippen LogP contribution in [0.15, 0.2) is 194 Å². The minimum Gasteiger partial charge on any atom is -0.309 e. The maximum Gasteiger partial charge on any atom is 0.0620 e. The quantitative estimate of drug-likeness (QED) is 0.179. The zero-order valence-electron chi connectivity index (χ0n) is 29.9. The van der Waals surface area contributed by atoms with Gasteiger partial charge >= 0.3 is 0 Å². The summed E-state index contributed by atoms with van der Waals surface area (Å²) >= 11 is 0. The molecule has 0 atom stereocenters. The Balaban J connectivity index is 1.09. The van der Waals surface area contributed by atoms with E-state index in [1.54, 1.807) is 0 Å². The Labute approximate surface area is 318 Å². The number of fused-ring (bicyclic) bond motifs is 9. The summed E-state index contributed by atoms with van der Waals surface area (Å²) in [5, 5.41) is 10.0. The van der Waals surface area contributed by atoms with Crippen molar-refractivity contribution in [1.82, 2.24) is 9.55 Å². The summed E-state index contributed by atoms with van der Waals surface area (Å²) in [6.45, 7) is 0. The van der Waals surface area contributed by atoms with Gasteiger partial charge in [0, 0.05) is 39.6 Å². The number of aromatic nitrogens is 2. The van der Waals surface area contributed by atoms with Crippen molar-refractivity contribution in [2.75, 3.05) is 0 Å². The van der Waals surface area contributed by atoms with Crippen LogP contribution in [0, 0.1) is 0 Å². The van der Waals surface area contributed by atoms with E-state index in [2.05, 4.69) is 192 Å². The van der Waals surface area contributed by atoms with Crippen LogP contribution >= 0.6 is 0 Å². The summed E-state index contributed by atoms with van der Waals surface area (Å²) in [5.74, 6) is 0. The SMILES string of the molecule is c1ccc(-c2c3c(c(-c4ccccc4)c4ccccc24)-c2ccc(-c4ccc(-n5c6ccccc6c6ccc7cnccc7c65)cc4)c4cccc-3c24)cc1. The largest absolute Gasteiger partial charge is 0.309 e. The van der Waals surface area contributed by atoms with Crippen LogP contribution in [-0.4, -0.2) is 9.55 Å². The summed E-state index contributed by atoms with van der Waals surface area (Å²) in [4.78, 5) is 4.42. The van der Waals surface area contributed by atoms with Crippen molar-refractivity contribution >= 4 is 54.1 Å². The first-order valence-electron chi connectivity index (χ1n) is 19.0. The van der Waals surface area contributed by atoms with E-state index in [0.717, 1.165) is 11.1 Å². The molecule has 2 nitrogen and oxygen atoms in total. The highest BCUT2D eigenvalue weighted by Gasteiger charge is 2.31. The fourth-order valence-electron chi connectivity index (χ4n) is 9.55. The molecular formula is C53H32N2. The molecule has 12 rings (SSSR count). The molecule has 254 valence electrons. The molecule has 1 aliphatic carbocycles. The highest BCUT2D eigenvalue weighted by atomic mass is 15.0. The van der Waals surface area contributed by atoms with Gasteiger partial charge in [-0.15, -0.1) is 0 Å². The van der Waals surface area contributed by atoms with E-state index in [1.807, 2.05) is 12.4 Å². The number of hydrogen-bond donors (Lipinski definition) is 0. The Kier molecular flexibility index (Phi) is 6.37. The first kappa shape index (κ1) is 30.2. The lowest BCUT2D eigenvalue weighted by atomic mass is 9.82. The lowest BCUT2D eigenvalue weighted by molar-refractivity contribution is 1.19. The predicted octanol–water partition coefficient (Wildman–Crippen LogP) is 14.3. The minimum atomic E-state index is 1.14. The standard InChI is InChI=1S/C53H32N2/c1-3-12-34(13-4-1)48-42-17-7-8-18-43(42)49(35-14-5-2-6-15-35)52-46-29-28-38(41-19-11-20-45(50(41)46)51(48)52)33-22-25-37(26-23-33)55-47-21-10-9-16-40(47)44-27-24-36-32-54-31-30-39(36)53(44)55/h1-32H. The summed E-state index contributed by atoms with van der Waals surface area (Å²) in [6, 6.07) is 67.0. The Bertz CT molecular complexity index is 3250. The van der Waals surface area contributed by atoms with Crippen LogP contribution in [0.2, 0.25) is 0 Å². The number of pyridine rings is 1. The van der Waals surface area contributed by atoms with Crippen LogP contribution in [0.3, 0.4) is 0 Å². The lowest BCUT2D eigenvalue weighted by Gasteiger charge is -2.20. The van der Waals surface area contributed by atoms with Crippen molar-refractivity contribution in [2.45, 2.75) is 0 Å². The molecule has 0 bridgehead atoms. The van der Waals surface area contributed by atoms with E-state index in [4.69, 9.17) is 0 Å². The summed E-state index contributed by atoms with van der Waals surface area (Å²) in [7, 11) is 0. The van der Waals surface area contributed by atoms with Gasteiger partial charge < -0.3 is 4.57 Å². The monoisotopic (exact) mass is 696 g/mol. The molecule has 0 spiro atoms. The van der Waals surface area contributed by atoms with Crippen molar-refractivity contribution in [3.8, 4) is 61.3 Å². The van der Waals surface area contributed by atoms with Gasteiger partial charge in [0.15, 0.2) is 0 Å². The molecular weight excluding hydrogens is 665 g/mol. The second-order valence-corrected chi connectivity index (χ2v) is 14.6. The van der Waals surface area contributed by atoms with Crippen LogP contribution in [0.4, 0.5) is 0 Å². The Hall–Kier alpha value is -7.29. The molecule has 2 heterocycles. The minimum absolute atomic E-state index is 1.14. The summed E-state index contributed by atoms with van der Waals surface area (Å²) in [5.41, 5.74) is 16.3. The van der Waals surface area contributed by atoms with Gasteiger partial charge in [-0.2, -0.15) is 0 Å². The van der Waals surface area contributed by atoms with E-state index in [-0.39, 0.29) is 0 Å². The number of benzene rings is 9. The topological polar surface area (TPSA) is 17.8 Å². The highest BCUT2D eigenvalue weighted by molar-refractivity contribution is 6.29. The third kappa shape index (κ3) is 4.28. The highest BCUT2D eigenvalue weighted by Crippen LogP contribution is 2.58. The molecule has 0 aliphatic heterocycles. The second kappa shape index (κ2) is 11.6. The molecule has 11 aromatic rings. The third-order valence-corrected chi connectivity index (χ3v) is 11.8. The molecule has 0 amide bonds. The molecule has 0 unspecified atom stereocenters. The Morgan fingerprint density at radius 2 is 0.945 bits per heavy atom. The average Bonchev–Trinajstić information content (AvgIpc) is 3.78. The van der Waals surface area contributed by atoms with Crippen LogP contribution < -0.4 is 0 Å². The molecule has 0 radical (unpaired) electrons. The number of para-hydroxylation sites is 1. The van der Waals surface area contributed by atoms with E-state index < -0.39 is 0 Å². The van der Waals surface area contributed by atoms with E-state index in [1.165, 1.54) is 104 Å². The number of rotatable bonds is 4. The van der Waals surface area contributed by atoms with Crippen molar-refractivity contribution in [3.05, 3.63) is 194 Å². The smallest absolute Gasteiger partial charge is 0.0620 e. The van der Waals surface area contributed by atoms with Gasteiger partial charge in [0.05, 0.1) is 11.0 Å². The normalized spacial score (nSPS) is 12.0. The zero-order valence-corrected chi connectivity index (χ0v) is 29.9. The van der Waals surface area contributed by atoms with Crippen LogP contribution in [0.5, 0.6) is 0 Å². The Morgan fingerprint density at radius 1 is 0.345 bits per heavy atom. The van der Waals surface area contributed by atoms with Gasteiger partial charge in [0.2, 0.25) is 0 Å². The molecule has 1 aliphatic rings. The van der Waals surface area contributed by atoms with Crippen molar-refractivity contribution < 1.29 is 0 Å². The fraction of sp³-hybridized carbons (Fsp3) is 0. The van der Waals surface area contributed by atoms with E-state index >= 15 is 0 Å². The van der Waals surface area contributed by atoms with Gasteiger partial charge in [-0.3, -0.25) is 4.98 Å². The lowest BCUT2D eigenvalue weighted by Crippen LogP contribution is -1.95. The molecule has 0 fully saturated rings. The van der Waals surface area contributed by atoms with Gasteiger partial charge in [0.25, 0.3) is 0 Å². The number of hydrogen-bond acceptors (Lipinski definition) is 1. The maximum atomic E-state index is 4.42. The summed E-state index contributed by atoms with van der Waals surface area (Å²) in [6.07, 6.45) is 3.86. The molecule has 9 aromatic carbocycles. The van der Waals surface area contributed by atoms with Crippen LogP contribution in [-0.2, 0) is 0 Å². The Morgan fingerprint density at radius 3 is 1.65 bits per heavy atom. The van der Waals surface area contributed by atoms with Gasteiger partial charge in [0.1, 0.15) is 0 Å². The molecule has 2 heteroatoms.